The number of aromatic nitrogens is 2. The smallest absolute Gasteiger partial charge is 0.321 e. The molecule has 2 N–H and O–H groups in total. The molecule has 2 fully saturated rings. The number of carbonyl (C=O) groups excluding carboxylic acids is 2. The number of imidazole rings is 1. The summed E-state index contributed by atoms with van der Waals surface area (Å²) in [5.74, 6) is 0.665. The monoisotopic (exact) mass is 388 g/mol. The van der Waals surface area contributed by atoms with Gasteiger partial charge in [-0.3, -0.25) is 9.69 Å². The largest absolute Gasteiger partial charge is 0.336 e. The number of piperazine rings is 1. The molecule has 2 aromatic rings. The van der Waals surface area contributed by atoms with Crippen LogP contribution in [0.1, 0.15) is 22.2 Å². The average Bonchev–Trinajstić information content (AvgIpc) is 3.30. The summed E-state index contributed by atoms with van der Waals surface area (Å²) in [6.07, 6.45) is 3.60. The van der Waals surface area contributed by atoms with Gasteiger partial charge in [-0.15, -0.1) is 0 Å². The van der Waals surface area contributed by atoms with Crippen LogP contribution in [0.4, 0.5) is 10.5 Å². The summed E-state index contributed by atoms with van der Waals surface area (Å²) < 4.78 is 1.92. The maximum absolute atomic E-state index is 13.3. The highest BCUT2D eigenvalue weighted by Crippen LogP contribution is 2.29. The number of halogens is 1. The van der Waals surface area contributed by atoms with E-state index in [0.29, 0.717) is 49.0 Å². The molecule has 2 aliphatic heterocycles. The minimum Gasteiger partial charge on any atom is -0.336 e. The van der Waals surface area contributed by atoms with Crippen LogP contribution in [0.25, 0.3) is 0 Å². The molecule has 1 unspecified atom stereocenters. The average molecular weight is 389 g/mol. The van der Waals surface area contributed by atoms with Crippen LogP contribution in [0.2, 0.25) is 5.02 Å². The van der Waals surface area contributed by atoms with Crippen LogP contribution in [0.5, 0.6) is 0 Å². The Bertz CT molecular complexity index is 882. The van der Waals surface area contributed by atoms with E-state index in [1.807, 2.05) is 17.8 Å². The van der Waals surface area contributed by atoms with E-state index in [2.05, 4.69) is 15.6 Å². The maximum atomic E-state index is 13.3. The summed E-state index contributed by atoms with van der Waals surface area (Å²) in [5.41, 5.74) is 1.07. The molecule has 142 valence electrons. The van der Waals surface area contributed by atoms with Crippen molar-refractivity contribution in [2.45, 2.75) is 6.04 Å². The van der Waals surface area contributed by atoms with Crippen molar-refractivity contribution >= 4 is 29.2 Å². The van der Waals surface area contributed by atoms with Crippen LogP contribution < -0.4 is 15.5 Å². The van der Waals surface area contributed by atoms with Crippen LogP contribution in [-0.2, 0) is 7.05 Å². The summed E-state index contributed by atoms with van der Waals surface area (Å²) in [5, 5.41) is 6.46. The molecule has 1 aromatic heterocycles. The first kappa shape index (κ1) is 17.8. The highest BCUT2D eigenvalue weighted by molar-refractivity contribution is 6.34. The third-order valence-electron chi connectivity index (χ3n) is 5.01. The second kappa shape index (κ2) is 7.21. The van der Waals surface area contributed by atoms with Crippen molar-refractivity contribution in [3.8, 4) is 0 Å². The van der Waals surface area contributed by atoms with Gasteiger partial charge in [-0.25, -0.2) is 9.78 Å². The number of rotatable bonds is 3. The van der Waals surface area contributed by atoms with Crippen molar-refractivity contribution in [2.75, 3.05) is 37.6 Å². The zero-order valence-electron chi connectivity index (χ0n) is 15.0. The van der Waals surface area contributed by atoms with E-state index in [1.165, 1.54) is 0 Å². The third kappa shape index (κ3) is 3.26. The Labute approximate surface area is 162 Å². The number of amides is 3. The Balaban J connectivity index is 1.66. The molecule has 4 rings (SSSR count). The first-order chi connectivity index (χ1) is 13.1. The molecule has 1 atom stereocenters. The zero-order valence-corrected chi connectivity index (χ0v) is 15.7. The van der Waals surface area contributed by atoms with Crippen LogP contribution in [0.15, 0.2) is 30.6 Å². The lowest BCUT2D eigenvalue weighted by atomic mass is 10.1. The van der Waals surface area contributed by atoms with E-state index in [4.69, 9.17) is 11.6 Å². The molecule has 0 radical (unpaired) electrons. The van der Waals surface area contributed by atoms with Crippen molar-refractivity contribution in [1.82, 2.24) is 25.1 Å². The predicted molar refractivity (Wildman–Crippen MR) is 102 cm³/mol. The highest BCUT2D eigenvalue weighted by Gasteiger charge is 2.32. The first-order valence-corrected chi connectivity index (χ1v) is 9.28. The molecule has 3 heterocycles. The summed E-state index contributed by atoms with van der Waals surface area (Å²) >= 11 is 6.35. The van der Waals surface area contributed by atoms with Crippen molar-refractivity contribution in [2.24, 2.45) is 7.05 Å². The number of nitrogens with one attached hydrogen (secondary N) is 2. The maximum Gasteiger partial charge on any atom is 0.321 e. The number of nitrogens with zero attached hydrogens (tertiary/aromatic N) is 4. The Morgan fingerprint density at radius 2 is 2.15 bits per heavy atom. The molecule has 8 nitrogen and oxygen atoms in total. The van der Waals surface area contributed by atoms with E-state index in [1.54, 1.807) is 34.2 Å². The van der Waals surface area contributed by atoms with Gasteiger partial charge >= 0.3 is 6.03 Å². The Morgan fingerprint density at radius 1 is 1.30 bits per heavy atom. The highest BCUT2D eigenvalue weighted by atomic mass is 35.5. The van der Waals surface area contributed by atoms with Gasteiger partial charge < -0.3 is 20.1 Å². The van der Waals surface area contributed by atoms with Gasteiger partial charge in [-0.2, -0.15) is 0 Å². The van der Waals surface area contributed by atoms with Crippen molar-refractivity contribution in [1.29, 1.82) is 0 Å². The van der Waals surface area contributed by atoms with E-state index in [-0.39, 0.29) is 18.0 Å². The van der Waals surface area contributed by atoms with Gasteiger partial charge in [0.25, 0.3) is 5.91 Å². The Kier molecular flexibility index (Phi) is 4.75. The molecule has 1 aromatic carbocycles. The van der Waals surface area contributed by atoms with Gasteiger partial charge in [0.1, 0.15) is 11.9 Å². The molecular weight excluding hydrogens is 368 g/mol. The number of hydrogen-bond donors (Lipinski definition) is 2. The molecule has 2 saturated heterocycles. The summed E-state index contributed by atoms with van der Waals surface area (Å²) in [6.45, 7) is 3.05. The summed E-state index contributed by atoms with van der Waals surface area (Å²) in [4.78, 5) is 33.1. The molecular formula is C18H21ClN6O2. The van der Waals surface area contributed by atoms with Crippen molar-refractivity contribution in [3.63, 3.8) is 0 Å². The fourth-order valence-corrected chi connectivity index (χ4v) is 3.79. The lowest BCUT2D eigenvalue weighted by molar-refractivity contribution is 0.0621. The number of anilines is 1. The molecule has 0 spiro atoms. The quantitative estimate of drug-likeness (QED) is 0.832. The fraction of sp³-hybridized carbons (Fsp3) is 0.389. The first-order valence-electron chi connectivity index (χ1n) is 8.90. The Hall–Kier alpha value is -2.58. The van der Waals surface area contributed by atoms with E-state index < -0.39 is 0 Å². The lowest BCUT2D eigenvalue weighted by Crippen LogP contribution is -2.49. The normalized spacial score (nSPS) is 20.1. The number of aryl methyl sites for hydroxylation is 1. The number of hydrogen-bond acceptors (Lipinski definition) is 4. The van der Waals surface area contributed by atoms with Gasteiger partial charge in [0.15, 0.2) is 0 Å². The minimum absolute atomic E-state index is 0.157. The van der Waals surface area contributed by atoms with Gasteiger partial charge in [0.05, 0.1) is 10.6 Å². The molecule has 0 saturated carbocycles. The van der Waals surface area contributed by atoms with Gasteiger partial charge in [0.2, 0.25) is 0 Å². The molecule has 2 aliphatic rings. The molecule has 27 heavy (non-hydrogen) atoms. The molecule has 3 amide bonds. The molecule has 9 heteroatoms. The third-order valence-corrected chi connectivity index (χ3v) is 5.34. The lowest BCUT2D eigenvalue weighted by Gasteiger charge is -2.36. The SMILES string of the molecule is Cn1ccnc1C1CNCCN1C(=O)c1cc(N2CCNC2=O)ccc1Cl. The minimum atomic E-state index is -0.180. The zero-order chi connectivity index (χ0) is 19.0. The van der Waals surface area contributed by atoms with Crippen molar-refractivity contribution < 1.29 is 9.59 Å². The van der Waals surface area contributed by atoms with Gasteiger partial charge in [0, 0.05) is 57.9 Å². The van der Waals surface area contributed by atoms with Crippen LogP contribution in [0, 0.1) is 0 Å². The fourth-order valence-electron chi connectivity index (χ4n) is 3.59. The molecule has 0 aliphatic carbocycles. The van der Waals surface area contributed by atoms with Crippen molar-refractivity contribution in [3.05, 3.63) is 47.0 Å². The number of benzene rings is 1. The predicted octanol–water partition coefficient (Wildman–Crippen LogP) is 1.39. The standard InChI is InChI=1S/C18H21ClN6O2/c1-23-7-5-21-16(23)15-11-20-4-8-25(15)17(26)13-10-12(2-3-14(13)19)24-9-6-22-18(24)27/h2-3,5,7,10,15,20H,4,6,8-9,11H2,1H3,(H,22,27). The van der Waals surface area contributed by atoms with Gasteiger partial charge in [-0.1, -0.05) is 11.6 Å². The molecule has 0 bridgehead atoms. The number of carbonyl (C=O) groups is 2. The topological polar surface area (TPSA) is 82.5 Å². The van der Waals surface area contributed by atoms with E-state index >= 15 is 0 Å². The van der Waals surface area contributed by atoms with Crippen LogP contribution >= 0.6 is 11.6 Å². The van der Waals surface area contributed by atoms with Crippen LogP contribution in [-0.4, -0.2) is 59.1 Å². The second-order valence-electron chi connectivity index (χ2n) is 6.66. The van der Waals surface area contributed by atoms with E-state index in [0.717, 1.165) is 5.82 Å². The summed E-state index contributed by atoms with van der Waals surface area (Å²) in [6, 6.07) is 4.79. The van der Waals surface area contributed by atoms with Gasteiger partial charge in [-0.05, 0) is 18.2 Å². The number of urea groups is 1. The summed E-state index contributed by atoms with van der Waals surface area (Å²) in [7, 11) is 1.92. The van der Waals surface area contributed by atoms with E-state index in [9.17, 15) is 9.59 Å². The Morgan fingerprint density at radius 3 is 2.85 bits per heavy atom. The second-order valence-corrected chi connectivity index (χ2v) is 7.07. The van der Waals surface area contributed by atoms with Crippen LogP contribution in [0.3, 0.4) is 0 Å².